The van der Waals surface area contributed by atoms with Crippen molar-refractivity contribution in [1.82, 2.24) is 0 Å². The standard InChI is InChI=1S/C10H5ClF3NO2/c1-5(16)7-2-6(4-15)8(11)3-9(7)17-10(12,13)14/h2-3H,1H3. The molecular weight excluding hydrogens is 259 g/mol. The molecule has 0 aliphatic carbocycles. The second kappa shape index (κ2) is 4.63. The molecule has 0 fully saturated rings. The summed E-state index contributed by atoms with van der Waals surface area (Å²) < 4.78 is 39.8. The predicted octanol–water partition coefficient (Wildman–Crippen LogP) is 3.31. The Labute approximate surface area is 99.4 Å². The highest BCUT2D eigenvalue weighted by atomic mass is 35.5. The van der Waals surface area contributed by atoms with Crippen molar-refractivity contribution < 1.29 is 22.7 Å². The Morgan fingerprint density at radius 2 is 2.06 bits per heavy atom. The minimum Gasteiger partial charge on any atom is -0.405 e. The van der Waals surface area contributed by atoms with Gasteiger partial charge < -0.3 is 4.74 Å². The lowest BCUT2D eigenvalue weighted by atomic mass is 10.1. The lowest BCUT2D eigenvalue weighted by molar-refractivity contribution is -0.274. The molecule has 0 amide bonds. The third-order valence-electron chi connectivity index (χ3n) is 1.79. The molecule has 0 aliphatic rings. The van der Waals surface area contributed by atoms with E-state index in [-0.39, 0.29) is 16.1 Å². The van der Waals surface area contributed by atoms with Crippen LogP contribution in [0.5, 0.6) is 5.75 Å². The molecule has 0 N–H and O–H groups in total. The predicted molar refractivity (Wildman–Crippen MR) is 52.9 cm³/mol. The minimum absolute atomic E-state index is 0.0913. The average Bonchev–Trinajstić information content (AvgIpc) is 2.14. The fourth-order valence-corrected chi connectivity index (χ4v) is 1.32. The van der Waals surface area contributed by atoms with Gasteiger partial charge >= 0.3 is 6.36 Å². The van der Waals surface area contributed by atoms with E-state index in [0.717, 1.165) is 19.1 Å². The van der Waals surface area contributed by atoms with Gasteiger partial charge in [0.05, 0.1) is 16.1 Å². The zero-order chi connectivity index (χ0) is 13.2. The molecule has 0 radical (unpaired) electrons. The molecule has 17 heavy (non-hydrogen) atoms. The van der Waals surface area contributed by atoms with Crippen LogP contribution in [0.15, 0.2) is 12.1 Å². The van der Waals surface area contributed by atoms with Crippen LogP contribution in [0.2, 0.25) is 5.02 Å². The summed E-state index contributed by atoms with van der Waals surface area (Å²) in [6, 6.07) is 3.42. The number of carbonyl (C=O) groups excluding carboxylic acids is 1. The van der Waals surface area contributed by atoms with E-state index in [0.29, 0.717) is 0 Å². The van der Waals surface area contributed by atoms with Gasteiger partial charge in [-0.3, -0.25) is 4.79 Å². The van der Waals surface area contributed by atoms with Crippen LogP contribution in [0.3, 0.4) is 0 Å². The Morgan fingerprint density at radius 3 is 2.47 bits per heavy atom. The van der Waals surface area contributed by atoms with Crippen molar-refractivity contribution in [2.45, 2.75) is 13.3 Å². The van der Waals surface area contributed by atoms with Gasteiger partial charge in [-0.25, -0.2) is 0 Å². The van der Waals surface area contributed by atoms with Crippen LogP contribution in [0, 0.1) is 11.3 Å². The first-order valence-corrected chi connectivity index (χ1v) is 4.62. The van der Waals surface area contributed by atoms with Gasteiger partial charge in [-0.1, -0.05) is 11.6 Å². The van der Waals surface area contributed by atoms with Crippen LogP contribution in [0.4, 0.5) is 13.2 Å². The van der Waals surface area contributed by atoms with Crippen LogP contribution in [0.1, 0.15) is 22.8 Å². The van der Waals surface area contributed by atoms with Crippen molar-refractivity contribution in [3.8, 4) is 11.8 Å². The average molecular weight is 264 g/mol. The maximum atomic E-state index is 12.1. The van der Waals surface area contributed by atoms with Gasteiger partial charge in [-0.2, -0.15) is 5.26 Å². The molecule has 0 saturated carbocycles. The Kier molecular flexibility index (Phi) is 3.63. The maximum absolute atomic E-state index is 12.1. The molecule has 1 rings (SSSR count). The molecule has 0 heterocycles. The van der Waals surface area contributed by atoms with Crippen LogP contribution in [-0.4, -0.2) is 12.1 Å². The number of carbonyl (C=O) groups is 1. The normalized spacial score (nSPS) is 10.8. The van der Waals surface area contributed by atoms with Crippen LogP contribution >= 0.6 is 11.6 Å². The number of nitrogens with zero attached hydrogens (tertiary/aromatic N) is 1. The summed E-state index contributed by atoms with van der Waals surface area (Å²) >= 11 is 5.55. The van der Waals surface area contributed by atoms with Crippen LogP contribution < -0.4 is 4.74 Å². The van der Waals surface area contributed by atoms with Gasteiger partial charge in [-0.15, -0.1) is 13.2 Å². The molecule has 0 aromatic heterocycles. The van der Waals surface area contributed by atoms with Crippen molar-refractivity contribution >= 4 is 17.4 Å². The smallest absolute Gasteiger partial charge is 0.405 e. The first-order chi connectivity index (χ1) is 7.74. The molecule has 0 bridgehead atoms. The Morgan fingerprint density at radius 1 is 1.47 bits per heavy atom. The van der Waals surface area contributed by atoms with Crippen LogP contribution in [0.25, 0.3) is 0 Å². The van der Waals surface area contributed by atoms with Gasteiger partial charge in [0.15, 0.2) is 5.78 Å². The van der Waals surface area contributed by atoms with E-state index in [1.165, 1.54) is 0 Å². The van der Waals surface area contributed by atoms with E-state index in [2.05, 4.69) is 4.74 Å². The highest BCUT2D eigenvalue weighted by Crippen LogP contribution is 2.31. The van der Waals surface area contributed by atoms with Gasteiger partial charge in [0, 0.05) is 6.07 Å². The second-order valence-electron chi connectivity index (χ2n) is 3.04. The Balaban J connectivity index is 3.34. The molecular formula is C10H5ClF3NO2. The van der Waals surface area contributed by atoms with E-state index in [9.17, 15) is 18.0 Å². The molecule has 7 heteroatoms. The summed E-state index contributed by atoms with van der Waals surface area (Å²) in [5.41, 5.74) is -0.435. The Hall–Kier alpha value is -1.74. The zero-order valence-electron chi connectivity index (χ0n) is 8.43. The van der Waals surface area contributed by atoms with Crippen molar-refractivity contribution in [1.29, 1.82) is 5.26 Å². The van der Waals surface area contributed by atoms with Gasteiger partial charge in [0.25, 0.3) is 0 Å². The highest BCUT2D eigenvalue weighted by Gasteiger charge is 2.33. The first kappa shape index (κ1) is 13.3. The molecule has 0 atom stereocenters. The number of hydrogen-bond donors (Lipinski definition) is 0. The molecule has 3 nitrogen and oxygen atoms in total. The van der Waals surface area contributed by atoms with Crippen LogP contribution in [-0.2, 0) is 0 Å². The summed E-state index contributed by atoms with van der Waals surface area (Å²) in [6.07, 6.45) is -4.93. The van der Waals surface area contributed by atoms with E-state index in [4.69, 9.17) is 16.9 Å². The molecule has 0 aliphatic heterocycles. The molecule has 1 aromatic carbocycles. The fourth-order valence-electron chi connectivity index (χ4n) is 1.12. The number of ketones is 1. The van der Waals surface area contributed by atoms with E-state index >= 15 is 0 Å². The van der Waals surface area contributed by atoms with Gasteiger partial charge in [0.1, 0.15) is 11.8 Å². The summed E-state index contributed by atoms with van der Waals surface area (Å²) in [5, 5.41) is 8.43. The third-order valence-corrected chi connectivity index (χ3v) is 2.11. The summed E-state index contributed by atoms with van der Waals surface area (Å²) in [6.45, 7) is 1.06. The first-order valence-electron chi connectivity index (χ1n) is 4.25. The number of alkyl halides is 3. The van der Waals surface area contributed by atoms with E-state index in [1.54, 1.807) is 6.07 Å². The molecule has 90 valence electrons. The summed E-state index contributed by atoms with van der Waals surface area (Å²) in [4.78, 5) is 11.1. The number of nitriles is 1. The minimum atomic E-state index is -4.93. The van der Waals surface area contributed by atoms with Crippen molar-refractivity contribution in [2.24, 2.45) is 0 Å². The SMILES string of the molecule is CC(=O)c1cc(C#N)c(Cl)cc1OC(F)(F)F. The molecule has 1 aromatic rings. The lowest BCUT2D eigenvalue weighted by Crippen LogP contribution is -2.19. The quantitative estimate of drug-likeness (QED) is 0.769. The van der Waals surface area contributed by atoms with Gasteiger partial charge in [0.2, 0.25) is 0 Å². The number of halogens is 4. The number of rotatable bonds is 2. The second-order valence-corrected chi connectivity index (χ2v) is 3.45. The van der Waals surface area contributed by atoms with Gasteiger partial charge in [-0.05, 0) is 13.0 Å². The monoisotopic (exact) mass is 263 g/mol. The topological polar surface area (TPSA) is 50.1 Å². The number of benzene rings is 1. The van der Waals surface area contributed by atoms with Crippen molar-refractivity contribution in [3.63, 3.8) is 0 Å². The number of Topliss-reactive ketones (excluding diaryl/α,β-unsaturated/α-hetero) is 1. The zero-order valence-corrected chi connectivity index (χ0v) is 9.19. The summed E-state index contributed by atoms with van der Waals surface area (Å²) in [7, 11) is 0. The maximum Gasteiger partial charge on any atom is 0.573 e. The van der Waals surface area contributed by atoms with E-state index < -0.39 is 17.9 Å². The highest BCUT2D eigenvalue weighted by molar-refractivity contribution is 6.32. The largest absolute Gasteiger partial charge is 0.573 e. The Bertz CT molecular complexity index is 505. The third kappa shape index (κ3) is 3.36. The van der Waals surface area contributed by atoms with E-state index in [1.807, 2.05) is 0 Å². The fraction of sp³-hybridized carbons (Fsp3) is 0.200. The number of hydrogen-bond acceptors (Lipinski definition) is 3. The summed E-state index contributed by atoms with van der Waals surface area (Å²) in [5.74, 6) is -1.37. The molecule has 0 saturated heterocycles. The molecule has 0 unspecified atom stereocenters. The van der Waals surface area contributed by atoms with Crippen molar-refractivity contribution in [2.75, 3.05) is 0 Å². The van der Waals surface area contributed by atoms with Crippen molar-refractivity contribution in [3.05, 3.63) is 28.3 Å². The lowest BCUT2D eigenvalue weighted by Gasteiger charge is -2.12. The number of ether oxygens (including phenoxy) is 1. The molecule has 0 spiro atoms.